The third-order valence-corrected chi connectivity index (χ3v) is 3.02. The molecule has 2 aromatic carbocycles. The monoisotopic (exact) mass is 312 g/mol. The van der Waals surface area contributed by atoms with Crippen molar-refractivity contribution in [3.05, 3.63) is 66.4 Å². The van der Waals surface area contributed by atoms with Crippen LogP contribution in [0, 0.1) is 0 Å². The quantitative estimate of drug-likeness (QED) is 0.667. The van der Waals surface area contributed by atoms with Crippen LogP contribution in [0.5, 0.6) is 17.2 Å². The lowest BCUT2D eigenvalue weighted by Crippen LogP contribution is -1.96. The van der Waals surface area contributed by atoms with Gasteiger partial charge in [-0.25, -0.2) is 0 Å². The number of nitrogens with zero attached hydrogens (tertiary/aromatic N) is 2. The lowest BCUT2D eigenvalue weighted by Gasteiger charge is -2.05. The highest BCUT2D eigenvalue weighted by molar-refractivity contribution is 5.32. The molecule has 0 N–H and O–H groups in total. The summed E-state index contributed by atoms with van der Waals surface area (Å²) in [6.45, 7) is 0.404. The van der Waals surface area contributed by atoms with Crippen LogP contribution in [0.4, 0.5) is 0 Å². The van der Waals surface area contributed by atoms with E-state index in [1.54, 1.807) is 13.2 Å². The summed E-state index contributed by atoms with van der Waals surface area (Å²) in [6.07, 6.45) is 0. The summed E-state index contributed by atoms with van der Waals surface area (Å²) in [5.41, 5.74) is 0. The molecule has 0 atom stereocenters. The molecule has 0 amide bonds. The summed E-state index contributed by atoms with van der Waals surface area (Å²) in [5.74, 6) is 2.94. The van der Waals surface area contributed by atoms with Crippen molar-refractivity contribution in [1.29, 1.82) is 0 Å². The van der Waals surface area contributed by atoms with Crippen molar-refractivity contribution in [1.82, 2.24) is 10.2 Å². The van der Waals surface area contributed by atoms with E-state index in [1.807, 2.05) is 48.5 Å². The number of rotatable bonds is 7. The lowest BCUT2D eigenvalue weighted by atomic mass is 10.3. The van der Waals surface area contributed by atoms with Gasteiger partial charge in [0.2, 0.25) is 0 Å². The van der Waals surface area contributed by atoms with Gasteiger partial charge in [-0.15, -0.1) is 10.2 Å². The molecule has 23 heavy (non-hydrogen) atoms. The predicted octanol–water partition coefficient (Wildman–Crippen LogP) is 3.24. The fourth-order valence-corrected chi connectivity index (χ4v) is 1.90. The molecule has 118 valence electrons. The van der Waals surface area contributed by atoms with Gasteiger partial charge in [0.1, 0.15) is 17.2 Å². The van der Waals surface area contributed by atoms with Gasteiger partial charge in [-0.2, -0.15) is 0 Å². The largest absolute Gasteiger partial charge is 0.497 e. The van der Waals surface area contributed by atoms with E-state index < -0.39 is 0 Å². The molecule has 1 aromatic heterocycles. The van der Waals surface area contributed by atoms with Crippen LogP contribution in [-0.4, -0.2) is 17.3 Å². The van der Waals surface area contributed by atoms with Crippen LogP contribution in [0.25, 0.3) is 0 Å². The average Bonchev–Trinajstić information content (AvgIpc) is 3.07. The Bertz CT molecular complexity index is 743. The summed E-state index contributed by atoms with van der Waals surface area (Å²) in [5, 5.41) is 7.86. The smallest absolute Gasteiger partial charge is 0.254 e. The normalized spacial score (nSPS) is 10.3. The molecule has 0 aliphatic carbocycles. The highest BCUT2D eigenvalue weighted by atomic mass is 16.5. The van der Waals surface area contributed by atoms with Crippen LogP contribution in [0.15, 0.2) is 59.0 Å². The summed E-state index contributed by atoms with van der Waals surface area (Å²) >= 11 is 0. The van der Waals surface area contributed by atoms with Gasteiger partial charge in [0.05, 0.1) is 7.11 Å². The first kappa shape index (κ1) is 14.9. The van der Waals surface area contributed by atoms with Crippen LogP contribution in [0.1, 0.15) is 11.8 Å². The van der Waals surface area contributed by atoms with E-state index >= 15 is 0 Å². The maximum absolute atomic E-state index is 5.59. The highest BCUT2D eigenvalue weighted by Crippen LogP contribution is 2.20. The number of hydrogen-bond donors (Lipinski definition) is 0. The van der Waals surface area contributed by atoms with E-state index in [2.05, 4.69) is 10.2 Å². The van der Waals surface area contributed by atoms with Crippen LogP contribution < -0.4 is 14.2 Å². The summed E-state index contributed by atoms with van der Waals surface area (Å²) in [7, 11) is 1.61. The number of hydrogen-bond acceptors (Lipinski definition) is 6. The Morgan fingerprint density at radius 1 is 0.783 bits per heavy atom. The zero-order valence-corrected chi connectivity index (χ0v) is 12.6. The van der Waals surface area contributed by atoms with Gasteiger partial charge in [-0.1, -0.05) is 24.3 Å². The van der Waals surface area contributed by atoms with Crippen LogP contribution in [0.3, 0.4) is 0 Å². The van der Waals surface area contributed by atoms with Gasteiger partial charge in [0, 0.05) is 6.07 Å². The topological polar surface area (TPSA) is 66.6 Å². The van der Waals surface area contributed by atoms with Crippen molar-refractivity contribution in [3.8, 4) is 17.2 Å². The van der Waals surface area contributed by atoms with Crippen LogP contribution in [0.2, 0.25) is 0 Å². The van der Waals surface area contributed by atoms with Crippen molar-refractivity contribution < 1.29 is 18.6 Å². The Hall–Kier alpha value is -3.02. The van der Waals surface area contributed by atoms with E-state index in [1.165, 1.54) is 0 Å². The fraction of sp³-hybridized carbons (Fsp3) is 0.176. The number of ether oxygens (including phenoxy) is 3. The Morgan fingerprint density at radius 3 is 2.09 bits per heavy atom. The van der Waals surface area contributed by atoms with Gasteiger partial charge in [-0.3, -0.25) is 0 Å². The summed E-state index contributed by atoms with van der Waals surface area (Å²) in [4.78, 5) is 0. The Kier molecular flexibility index (Phi) is 4.73. The molecular formula is C17H16N2O4. The van der Waals surface area contributed by atoms with E-state index in [0.29, 0.717) is 17.5 Å². The fourth-order valence-electron chi connectivity index (χ4n) is 1.90. The van der Waals surface area contributed by atoms with E-state index in [0.717, 1.165) is 11.5 Å². The molecule has 3 rings (SSSR count). The minimum Gasteiger partial charge on any atom is -0.497 e. The molecule has 0 unspecified atom stereocenters. The zero-order chi connectivity index (χ0) is 15.9. The number of para-hydroxylation sites is 1. The Morgan fingerprint density at radius 2 is 1.39 bits per heavy atom. The third kappa shape index (κ3) is 4.23. The second kappa shape index (κ2) is 7.31. The van der Waals surface area contributed by atoms with Crippen molar-refractivity contribution >= 4 is 0 Å². The molecule has 1 heterocycles. The van der Waals surface area contributed by atoms with Crippen LogP contribution >= 0.6 is 0 Å². The maximum Gasteiger partial charge on any atom is 0.254 e. The first-order chi connectivity index (χ1) is 11.3. The number of benzene rings is 2. The Labute approximate surface area is 133 Å². The number of aromatic nitrogens is 2. The van der Waals surface area contributed by atoms with E-state index in [9.17, 15) is 0 Å². The minimum absolute atomic E-state index is 0.186. The molecule has 0 bridgehead atoms. The van der Waals surface area contributed by atoms with Gasteiger partial charge in [0.15, 0.2) is 13.2 Å². The van der Waals surface area contributed by atoms with E-state index in [-0.39, 0.29) is 13.2 Å². The second-order valence-corrected chi connectivity index (χ2v) is 4.66. The molecule has 0 fully saturated rings. The maximum atomic E-state index is 5.59. The molecule has 0 radical (unpaired) electrons. The van der Waals surface area contributed by atoms with Crippen molar-refractivity contribution in [2.75, 3.05) is 7.11 Å². The number of methoxy groups -OCH3 is 1. The molecule has 6 heteroatoms. The molecule has 0 saturated heterocycles. The summed E-state index contributed by atoms with van der Waals surface area (Å²) < 4.78 is 21.8. The standard InChI is InChI=1S/C17H16N2O4/c1-20-14-8-5-9-15(10-14)22-12-17-19-18-16(23-17)11-21-13-6-3-2-4-7-13/h2-10H,11-12H2,1H3. The molecular weight excluding hydrogens is 296 g/mol. The zero-order valence-electron chi connectivity index (χ0n) is 12.6. The lowest BCUT2D eigenvalue weighted by molar-refractivity contribution is 0.231. The summed E-state index contributed by atoms with van der Waals surface area (Å²) in [6, 6.07) is 16.8. The SMILES string of the molecule is COc1cccc(OCc2nnc(COc3ccccc3)o2)c1. The highest BCUT2D eigenvalue weighted by Gasteiger charge is 2.08. The first-order valence-corrected chi connectivity index (χ1v) is 7.09. The van der Waals surface area contributed by atoms with Gasteiger partial charge in [0.25, 0.3) is 11.8 Å². The van der Waals surface area contributed by atoms with E-state index in [4.69, 9.17) is 18.6 Å². The molecule has 3 aromatic rings. The van der Waals surface area contributed by atoms with Crippen molar-refractivity contribution in [2.24, 2.45) is 0 Å². The molecule has 6 nitrogen and oxygen atoms in total. The average molecular weight is 312 g/mol. The second-order valence-electron chi connectivity index (χ2n) is 4.66. The van der Waals surface area contributed by atoms with Crippen molar-refractivity contribution in [3.63, 3.8) is 0 Å². The first-order valence-electron chi connectivity index (χ1n) is 7.09. The molecule has 0 aliphatic heterocycles. The molecule has 0 aliphatic rings. The van der Waals surface area contributed by atoms with Crippen LogP contribution in [-0.2, 0) is 13.2 Å². The Balaban J connectivity index is 1.52. The van der Waals surface area contributed by atoms with Crippen molar-refractivity contribution in [2.45, 2.75) is 13.2 Å². The van der Waals surface area contributed by atoms with Gasteiger partial charge in [-0.05, 0) is 24.3 Å². The molecule has 0 saturated carbocycles. The predicted molar refractivity (Wildman–Crippen MR) is 82.4 cm³/mol. The van der Waals surface area contributed by atoms with Gasteiger partial charge >= 0.3 is 0 Å². The van der Waals surface area contributed by atoms with Gasteiger partial charge < -0.3 is 18.6 Å². The minimum atomic E-state index is 0.186. The third-order valence-electron chi connectivity index (χ3n) is 3.02. The molecule has 0 spiro atoms.